The predicted octanol–water partition coefficient (Wildman–Crippen LogP) is 9.64. The zero-order chi connectivity index (χ0) is 34.7. The fourth-order valence-electron chi connectivity index (χ4n) is 5.33. The smallest absolute Gasteiger partial charge is 0.164 e. The van der Waals surface area contributed by atoms with Crippen LogP contribution in [-0.2, 0) is 0 Å². The quantitative estimate of drug-likeness (QED) is 0.212. The second kappa shape index (κ2) is 10.5. The maximum atomic E-state index is 9.01. The first-order chi connectivity index (χ1) is 24.2. The minimum atomic E-state index is -0.450. The first-order valence-corrected chi connectivity index (χ1v) is 13.8. The van der Waals surface area contributed by atoms with Gasteiger partial charge in [-0.1, -0.05) is 127 Å². The minimum absolute atomic E-state index is 0.0846. The third kappa shape index (κ3) is 4.55. The number of fused-ring (bicyclic) bond motifs is 3. The molecule has 0 saturated heterocycles. The van der Waals surface area contributed by atoms with Crippen LogP contribution in [0.1, 0.15) is 9.60 Å². The zero-order valence-corrected chi connectivity index (χ0v) is 22.8. The fourth-order valence-corrected chi connectivity index (χ4v) is 5.33. The van der Waals surface area contributed by atoms with Gasteiger partial charge in [0.15, 0.2) is 17.5 Å². The van der Waals surface area contributed by atoms with E-state index in [0.717, 1.165) is 22.3 Å². The summed E-state index contributed by atoms with van der Waals surface area (Å²) in [6, 6.07) is 33.8. The molecule has 4 nitrogen and oxygen atoms in total. The minimum Gasteiger partial charge on any atom is -0.309 e. The van der Waals surface area contributed by atoms with Crippen molar-refractivity contribution in [2.24, 2.45) is 0 Å². The van der Waals surface area contributed by atoms with E-state index in [0.29, 0.717) is 28.7 Å². The normalized spacial score (nSPS) is 13.5. The van der Waals surface area contributed by atoms with Crippen molar-refractivity contribution in [1.82, 2.24) is 19.5 Å². The van der Waals surface area contributed by atoms with E-state index < -0.39 is 12.1 Å². The van der Waals surface area contributed by atoms with Gasteiger partial charge in [-0.3, -0.25) is 0 Å². The van der Waals surface area contributed by atoms with Crippen molar-refractivity contribution in [2.45, 2.75) is 0 Å². The van der Waals surface area contributed by atoms with Gasteiger partial charge in [-0.2, -0.15) is 0 Å². The molecule has 0 aliphatic heterocycles. The molecular formula is C39H26N4. The lowest BCUT2D eigenvalue weighted by Crippen LogP contribution is -2.01. The molecule has 2 aromatic heterocycles. The molecule has 0 bridgehead atoms. The number of nitrogens with zero attached hydrogens (tertiary/aromatic N) is 4. The van der Waals surface area contributed by atoms with Crippen LogP contribution < -0.4 is 0 Å². The number of hydrogen-bond donors (Lipinski definition) is 0. The molecule has 0 radical (unpaired) electrons. The third-order valence-electron chi connectivity index (χ3n) is 7.32. The van der Waals surface area contributed by atoms with Gasteiger partial charge >= 0.3 is 0 Å². The van der Waals surface area contributed by atoms with Crippen LogP contribution in [0.15, 0.2) is 158 Å². The van der Waals surface area contributed by atoms with Gasteiger partial charge in [0, 0.05) is 33.2 Å². The lowest BCUT2D eigenvalue weighted by molar-refractivity contribution is 1.07. The second-order valence-corrected chi connectivity index (χ2v) is 10.0. The van der Waals surface area contributed by atoms with E-state index in [-0.39, 0.29) is 52.0 Å². The Morgan fingerprint density at radius 2 is 0.907 bits per heavy atom. The summed E-state index contributed by atoms with van der Waals surface area (Å²) in [4.78, 5) is 14.7. The summed E-state index contributed by atoms with van der Waals surface area (Å²) in [5.41, 5.74) is 4.64. The average molecular weight is 558 g/mol. The van der Waals surface area contributed by atoms with E-state index in [9.17, 15) is 0 Å². The second-order valence-electron chi connectivity index (χ2n) is 10.0. The van der Waals surface area contributed by atoms with Crippen molar-refractivity contribution < 1.29 is 9.60 Å². The molecule has 4 heteroatoms. The van der Waals surface area contributed by atoms with Gasteiger partial charge in [0.25, 0.3) is 0 Å². The van der Waals surface area contributed by atoms with Crippen molar-refractivity contribution in [3.63, 3.8) is 0 Å². The van der Waals surface area contributed by atoms with Crippen LogP contribution in [-0.4, -0.2) is 19.5 Å². The Labute approximate surface area is 259 Å². The lowest BCUT2D eigenvalue weighted by atomic mass is 10.0. The van der Waals surface area contributed by atoms with E-state index >= 15 is 0 Å². The molecule has 0 fully saturated rings. The third-order valence-corrected chi connectivity index (χ3v) is 7.32. The van der Waals surface area contributed by atoms with E-state index in [1.54, 1.807) is 4.57 Å². The number of aromatic nitrogens is 4. The summed E-state index contributed by atoms with van der Waals surface area (Å²) in [6.07, 6.45) is 0. The van der Waals surface area contributed by atoms with Crippen molar-refractivity contribution >= 4 is 21.8 Å². The van der Waals surface area contributed by atoms with Crippen molar-refractivity contribution in [2.75, 3.05) is 0 Å². The predicted molar refractivity (Wildman–Crippen MR) is 176 cm³/mol. The largest absolute Gasteiger partial charge is 0.309 e. The Bertz CT molecular complexity index is 2550. The van der Waals surface area contributed by atoms with Crippen LogP contribution in [0.4, 0.5) is 0 Å². The molecule has 0 aliphatic rings. The summed E-state index contributed by atoms with van der Waals surface area (Å²) in [5, 5.41) is 0.206. The van der Waals surface area contributed by atoms with Crippen LogP contribution in [0.3, 0.4) is 0 Å². The van der Waals surface area contributed by atoms with Crippen LogP contribution in [0, 0.1) is 0 Å². The van der Waals surface area contributed by atoms with E-state index in [1.807, 2.05) is 109 Å². The average Bonchev–Trinajstić information content (AvgIpc) is 3.53. The Morgan fingerprint density at radius 3 is 1.53 bits per heavy atom. The van der Waals surface area contributed by atoms with E-state index in [2.05, 4.69) is 0 Å². The summed E-state index contributed by atoms with van der Waals surface area (Å²) in [6.45, 7) is 0. The van der Waals surface area contributed by atoms with Gasteiger partial charge in [-0.25, -0.2) is 15.0 Å². The molecule has 43 heavy (non-hydrogen) atoms. The van der Waals surface area contributed by atoms with Gasteiger partial charge in [0.2, 0.25) is 0 Å². The van der Waals surface area contributed by atoms with Crippen molar-refractivity contribution in [1.29, 1.82) is 0 Å². The van der Waals surface area contributed by atoms with Gasteiger partial charge in [0.1, 0.15) is 0 Å². The molecule has 0 amide bonds. The molecule has 0 N–H and O–H groups in total. The standard InChI is InChI=1S/C39H26N4/c1-4-14-27(15-5-1)30-24-31(26-32(25-30)43-35-22-12-10-20-33(35)34-21-11-13-23-36(34)43)39-41-37(28-16-6-2-7-17-28)40-38(42-39)29-18-8-3-9-19-29/h1-26H/i10D,11D,12D,20D,21D,22D,23D. The van der Waals surface area contributed by atoms with Gasteiger partial charge in [-0.15, -0.1) is 0 Å². The number of hydrogen-bond acceptors (Lipinski definition) is 3. The first-order valence-electron chi connectivity index (χ1n) is 17.3. The number of rotatable bonds is 5. The molecule has 0 atom stereocenters. The molecule has 2 heterocycles. The first kappa shape index (κ1) is 18.5. The highest BCUT2D eigenvalue weighted by atomic mass is 15.0. The Hall–Kier alpha value is -5.87. The van der Waals surface area contributed by atoms with Gasteiger partial charge in [-0.05, 0) is 41.4 Å². The van der Waals surface area contributed by atoms with Crippen LogP contribution in [0.5, 0.6) is 0 Å². The Balaban J connectivity index is 1.50. The topological polar surface area (TPSA) is 43.6 Å². The summed E-state index contributed by atoms with van der Waals surface area (Å²) in [5.74, 6) is 1.32. The molecule has 202 valence electrons. The van der Waals surface area contributed by atoms with Crippen LogP contribution >= 0.6 is 0 Å². The van der Waals surface area contributed by atoms with E-state index in [4.69, 9.17) is 24.5 Å². The molecule has 0 aliphatic carbocycles. The highest BCUT2D eigenvalue weighted by molar-refractivity contribution is 6.09. The van der Waals surface area contributed by atoms with Crippen LogP contribution in [0.2, 0.25) is 0 Å². The summed E-state index contributed by atoms with van der Waals surface area (Å²) < 4.78 is 62.7. The monoisotopic (exact) mass is 557 g/mol. The maximum absolute atomic E-state index is 9.01. The highest BCUT2D eigenvalue weighted by Crippen LogP contribution is 2.36. The van der Waals surface area contributed by atoms with Gasteiger partial charge in [0.05, 0.1) is 20.6 Å². The summed E-state index contributed by atoms with van der Waals surface area (Å²) >= 11 is 0. The maximum Gasteiger partial charge on any atom is 0.164 e. The number of benzene rings is 6. The SMILES string of the molecule is [2H]c1cc([2H])c2c(c1[2H])c1c([2H])c([2H])c([2H])c([2H])c1n2-c1cc(-c2ccccc2)cc(-c2nc(-c3ccccc3)nc(-c3ccccc3)n2)c1. The molecule has 6 aromatic carbocycles. The summed E-state index contributed by atoms with van der Waals surface area (Å²) in [7, 11) is 0. The lowest BCUT2D eigenvalue weighted by Gasteiger charge is -2.14. The van der Waals surface area contributed by atoms with E-state index in [1.165, 1.54) is 6.07 Å². The number of para-hydroxylation sites is 2. The van der Waals surface area contributed by atoms with Crippen LogP contribution in [0.25, 0.3) is 72.8 Å². The van der Waals surface area contributed by atoms with Crippen molar-refractivity contribution in [3.8, 4) is 51.0 Å². The van der Waals surface area contributed by atoms with Gasteiger partial charge < -0.3 is 4.57 Å². The molecule has 0 unspecified atom stereocenters. The fraction of sp³-hybridized carbons (Fsp3) is 0. The Morgan fingerprint density at radius 1 is 0.419 bits per heavy atom. The zero-order valence-electron chi connectivity index (χ0n) is 29.8. The molecule has 0 spiro atoms. The van der Waals surface area contributed by atoms with Crippen molar-refractivity contribution in [3.05, 3.63) is 158 Å². The molecular weight excluding hydrogens is 524 g/mol. The molecule has 0 saturated carbocycles. The Kier molecular flexibility index (Phi) is 4.53. The molecule has 8 rings (SSSR count). The highest BCUT2D eigenvalue weighted by Gasteiger charge is 2.17. The molecule has 8 aromatic rings.